The van der Waals surface area contributed by atoms with E-state index in [2.05, 4.69) is 16.2 Å². The fraction of sp³-hybridized carbons (Fsp3) is 0.318. The number of aryl methyl sites for hydroxylation is 1. The van der Waals surface area contributed by atoms with E-state index in [1.807, 2.05) is 54.3 Å². The number of carbonyl (C=O) groups excluding carboxylic acids is 1. The summed E-state index contributed by atoms with van der Waals surface area (Å²) in [6, 6.07) is 15.9. The van der Waals surface area contributed by atoms with Gasteiger partial charge in [-0.15, -0.1) is 0 Å². The van der Waals surface area contributed by atoms with Gasteiger partial charge in [0, 0.05) is 25.1 Å². The van der Waals surface area contributed by atoms with Crippen molar-refractivity contribution in [3.05, 3.63) is 76.9 Å². The molecule has 0 saturated carbocycles. The fourth-order valence-electron chi connectivity index (χ4n) is 3.47. The zero-order valence-electron chi connectivity index (χ0n) is 16.1. The third-order valence-electron chi connectivity index (χ3n) is 5.05. The molecule has 1 aliphatic rings. The minimum absolute atomic E-state index is 0.111. The van der Waals surface area contributed by atoms with E-state index in [9.17, 15) is 4.79 Å². The molecule has 3 aromatic rings. The van der Waals surface area contributed by atoms with Crippen LogP contribution in [-0.2, 0) is 17.6 Å². The van der Waals surface area contributed by atoms with Crippen LogP contribution in [0.25, 0.3) is 0 Å². The molecule has 1 aromatic heterocycles. The SMILES string of the molecule is COc1ccccc1Cc1noc(C2CN(C(=O)Cc3cccc(C)c3)C2)n1. The number of rotatable bonds is 6. The summed E-state index contributed by atoms with van der Waals surface area (Å²) in [5.74, 6) is 2.29. The van der Waals surface area contributed by atoms with Crippen molar-refractivity contribution in [3.63, 3.8) is 0 Å². The average Bonchev–Trinajstić information content (AvgIpc) is 3.09. The minimum Gasteiger partial charge on any atom is -0.496 e. The number of aromatic nitrogens is 2. The van der Waals surface area contributed by atoms with Crippen molar-refractivity contribution < 1.29 is 14.1 Å². The van der Waals surface area contributed by atoms with Crippen LogP contribution < -0.4 is 4.74 Å². The highest BCUT2D eigenvalue weighted by atomic mass is 16.5. The lowest BCUT2D eigenvalue weighted by molar-refractivity contribution is -0.135. The molecule has 4 rings (SSSR count). The number of carbonyl (C=O) groups is 1. The number of likely N-dealkylation sites (tertiary alicyclic amines) is 1. The number of hydrogen-bond acceptors (Lipinski definition) is 5. The number of methoxy groups -OCH3 is 1. The van der Waals surface area contributed by atoms with Crippen LogP contribution >= 0.6 is 0 Å². The Bertz CT molecular complexity index is 976. The highest BCUT2D eigenvalue weighted by molar-refractivity contribution is 5.79. The fourth-order valence-corrected chi connectivity index (χ4v) is 3.47. The van der Waals surface area contributed by atoms with Gasteiger partial charge in [-0.25, -0.2) is 0 Å². The van der Waals surface area contributed by atoms with Gasteiger partial charge in [0.2, 0.25) is 11.8 Å². The number of amides is 1. The lowest BCUT2D eigenvalue weighted by Gasteiger charge is -2.37. The molecule has 1 aliphatic heterocycles. The first kappa shape index (κ1) is 18.2. The Morgan fingerprint density at radius 1 is 1.21 bits per heavy atom. The summed E-state index contributed by atoms with van der Waals surface area (Å²) in [6.07, 6.45) is 0.980. The molecule has 1 fully saturated rings. The van der Waals surface area contributed by atoms with Crippen LogP contribution in [0.15, 0.2) is 53.1 Å². The molecule has 144 valence electrons. The molecule has 0 spiro atoms. The van der Waals surface area contributed by atoms with Crippen LogP contribution in [0.1, 0.15) is 34.3 Å². The Morgan fingerprint density at radius 3 is 2.82 bits per heavy atom. The van der Waals surface area contributed by atoms with Gasteiger partial charge < -0.3 is 14.2 Å². The van der Waals surface area contributed by atoms with Gasteiger partial charge in [0.25, 0.3) is 0 Å². The van der Waals surface area contributed by atoms with Gasteiger partial charge in [-0.2, -0.15) is 4.98 Å². The van der Waals surface area contributed by atoms with E-state index in [1.54, 1.807) is 7.11 Å². The topological polar surface area (TPSA) is 68.5 Å². The van der Waals surface area contributed by atoms with Crippen molar-refractivity contribution >= 4 is 5.91 Å². The smallest absolute Gasteiger partial charge is 0.233 e. The van der Waals surface area contributed by atoms with Crippen LogP contribution in [0.4, 0.5) is 0 Å². The third-order valence-corrected chi connectivity index (χ3v) is 5.05. The van der Waals surface area contributed by atoms with Crippen LogP contribution in [0.3, 0.4) is 0 Å². The highest BCUT2D eigenvalue weighted by Gasteiger charge is 2.35. The maximum Gasteiger partial charge on any atom is 0.233 e. The Kier molecular flexibility index (Phi) is 5.10. The standard InChI is InChI=1S/C22H23N3O3/c1-15-6-5-7-16(10-15)11-21(26)25-13-18(14-25)22-23-20(24-28-22)12-17-8-3-4-9-19(17)27-2/h3-10,18H,11-14H2,1-2H3. The van der Waals surface area contributed by atoms with Gasteiger partial charge in [-0.1, -0.05) is 53.2 Å². The summed E-state index contributed by atoms with van der Waals surface area (Å²) in [5.41, 5.74) is 3.23. The first-order valence-corrected chi connectivity index (χ1v) is 9.40. The number of nitrogens with zero attached hydrogens (tertiary/aromatic N) is 3. The number of hydrogen-bond donors (Lipinski definition) is 0. The summed E-state index contributed by atoms with van der Waals surface area (Å²) in [7, 11) is 1.65. The monoisotopic (exact) mass is 377 g/mol. The summed E-state index contributed by atoms with van der Waals surface area (Å²) in [5, 5.41) is 4.09. The summed E-state index contributed by atoms with van der Waals surface area (Å²) >= 11 is 0. The van der Waals surface area contributed by atoms with Gasteiger partial charge in [0.1, 0.15) is 5.75 Å². The number of benzene rings is 2. The molecule has 28 heavy (non-hydrogen) atoms. The Morgan fingerprint density at radius 2 is 2.04 bits per heavy atom. The van der Waals surface area contributed by atoms with Crippen LogP contribution in [-0.4, -0.2) is 41.1 Å². The van der Waals surface area contributed by atoms with Crippen molar-refractivity contribution in [1.29, 1.82) is 0 Å². The Balaban J connectivity index is 1.33. The molecule has 0 atom stereocenters. The number of ether oxygens (including phenoxy) is 1. The van der Waals surface area contributed by atoms with Gasteiger partial charge in [-0.3, -0.25) is 4.79 Å². The number of para-hydroxylation sites is 1. The first-order valence-electron chi connectivity index (χ1n) is 9.40. The molecule has 0 aliphatic carbocycles. The van der Waals surface area contributed by atoms with Crippen molar-refractivity contribution in [3.8, 4) is 5.75 Å². The van der Waals surface area contributed by atoms with Crippen LogP contribution in [0.5, 0.6) is 5.75 Å². The van der Waals surface area contributed by atoms with Crippen molar-refractivity contribution in [2.75, 3.05) is 20.2 Å². The summed E-state index contributed by atoms with van der Waals surface area (Å²) in [6.45, 7) is 3.29. The van der Waals surface area contributed by atoms with Crippen LogP contribution in [0, 0.1) is 6.92 Å². The molecule has 2 heterocycles. The molecule has 0 bridgehead atoms. The van der Waals surface area contributed by atoms with Gasteiger partial charge in [-0.05, 0) is 18.6 Å². The Labute approximate surface area is 164 Å². The molecule has 0 N–H and O–H groups in total. The molecule has 0 radical (unpaired) electrons. The maximum atomic E-state index is 12.4. The van der Waals surface area contributed by atoms with Crippen molar-refractivity contribution in [1.82, 2.24) is 15.0 Å². The Hall–Kier alpha value is -3.15. The molecule has 6 heteroatoms. The van der Waals surface area contributed by atoms with Crippen molar-refractivity contribution in [2.45, 2.75) is 25.7 Å². The normalized spacial score (nSPS) is 14.0. The second-order valence-electron chi connectivity index (χ2n) is 7.20. The van der Waals surface area contributed by atoms with Gasteiger partial charge >= 0.3 is 0 Å². The summed E-state index contributed by atoms with van der Waals surface area (Å²) < 4.78 is 10.8. The largest absolute Gasteiger partial charge is 0.496 e. The quantitative estimate of drug-likeness (QED) is 0.660. The molecule has 2 aromatic carbocycles. The summed E-state index contributed by atoms with van der Waals surface area (Å²) in [4.78, 5) is 18.8. The van der Waals surface area contributed by atoms with Crippen molar-refractivity contribution in [2.24, 2.45) is 0 Å². The lowest BCUT2D eigenvalue weighted by atomic mass is 9.98. The molecule has 1 saturated heterocycles. The second-order valence-corrected chi connectivity index (χ2v) is 7.20. The lowest BCUT2D eigenvalue weighted by Crippen LogP contribution is -2.49. The minimum atomic E-state index is 0.111. The molecular formula is C22H23N3O3. The molecule has 0 unspecified atom stereocenters. The van der Waals surface area contributed by atoms with Gasteiger partial charge in [0.05, 0.1) is 19.4 Å². The zero-order chi connectivity index (χ0) is 19.5. The van der Waals surface area contributed by atoms with Gasteiger partial charge in [0.15, 0.2) is 5.82 Å². The average molecular weight is 377 g/mol. The van der Waals surface area contributed by atoms with E-state index < -0.39 is 0 Å². The second kappa shape index (κ2) is 7.84. The predicted molar refractivity (Wildman–Crippen MR) is 104 cm³/mol. The van der Waals surface area contributed by atoms with E-state index in [4.69, 9.17) is 9.26 Å². The van der Waals surface area contributed by atoms with E-state index in [0.717, 1.165) is 16.9 Å². The van der Waals surface area contributed by atoms with Crippen LogP contribution in [0.2, 0.25) is 0 Å². The third kappa shape index (κ3) is 3.91. The molecule has 1 amide bonds. The molecular weight excluding hydrogens is 354 g/mol. The van der Waals surface area contributed by atoms with E-state index >= 15 is 0 Å². The van der Waals surface area contributed by atoms with E-state index in [1.165, 1.54) is 5.56 Å². The zero-order valence-corrected chi connectivity index (χ0v) is 16.1. The van der Waals surface area contributed by atoms with E-state index in [0.29, 0.717) is 37.6 Å². The maximum absolute atomic E-state index is 12.4. The highest BCUT2D eigenvalue weighted by Crippen LogP contribution is 2.27. The van der Waals surface area contributed by atoms with E-state index in [-0.39, 0.29) is 11.8 Å². The predicted octanol–water partition coefficient (Wildman–Crippen LogP) is 3.15. The molecule has 6 nitrogen and oxygen atoms in total. The first-order chi connectivity index (χ1) is 13.6.